The van der Waals surface area contributed by atoms with Gasteiger partial charge in [0.25, 0.3) is 0 Å². The smallest absolute Gasteiger partial charge is 0.380 e. The highest BCUT2D eigenvalue weighted by atomic mass is 79.9. The van der Waals surface area contributed by atoms with E-state index in [9.17, 15) is 9.59 Å². The van der Waals surface area contributed by atoms with Gasteiger partial charge in [-0.3, -0.25) is 9.78 Å². The zero-order valence-electron chi connectivity index (χ0n) is 15.6. The molecule has 1 aliphatic carbocycles. The molecule has 0 radical (unpaired) electrons. The number of halogens is 2. The van der Waals surface area contributed by atoms with Crippen LogP contribution in [0.3, 0.4) is 0 Å². The number of carbonyl (C=O) groups is 2. The highest BCUT2D eigenvalue weighted by Gasteiger charge is 2.37. The Morgan fingerprint density at radius 3 is 2.75 bits per heavy atom. The standard InChI is InChI=1S/C21H17Br2NO4/c1-10-16-14(25)8-21(2,3)9-15(16)27-18(10)20(26)28-19-13(23)7-12(22)11-5-4-6-24-17(11)19/h4-7H,8-9H2,1-3H3. The zero-order valence-corrected chi connectivity index (χ0v) is 18.7. The van der Waals surface area contributed by atoms with Crippen LogP contribution in [0.2, 0.25) is 0 Å². The maximum atomic E-state index is 12.9. The summed E-state index contributed by atoms with van der Waals surface area (Å²) < 4.78 is 12.9. The van der Waals surface area contributed by atoms with E-state index in [4.69, 9.17) is 9.15 Å². The molecule has 7 heteroatoms. The Balaban J connectivity index is 1.76. The summed E-state index contributed by atoms with van der Waals surface area (Å²) in [6.07, 6.45) is 2.67. The number of nitrogens with zero attached hydrogens (tertiary/aromatic N) is 1. The lowest BCUT2D eigenvalue weighted by atomic mass is 9.76. The monoisotopic (exact) mass is 505 g/mol. The molecule has 0 saturated heterocycles. The van der Waals surface area contributed by atoms with Crippen LogP contribution in [0.1, 0.15) is 52.5 Å². The van der Waals surface area contributed by atoms with Crippen LogP contribution < -0.4 is 4.74 Å². The van der Waals surface area contributed by atoms with Crippen molar-refractivity contribution in [2.45, 2.75) is 33.6 Å². The number of carbonyl (C=O) groups excluding carboxylic acids is 2. The fraction of sp³-hybridized carbons (Fsp3) is 0.286. The number of ketones is 1. The van der Waals surface area contributed by atoms with Crippen molar-refractivity contribution in [3.8, 4) is 5.75 Å². The topological polar surface area (TPSA) is 69.4 Å². The molecule has 0 unspecified atom stereocenters. The first-order valence-electron chi connectivity index (χ1n) is 8.78. The van der Waals surface area contributed by atoms with Crippen molar-refractivity contribution in [2.24, 2.45) is 5.41 Å². The predicted octanol–water partition coefficient (Wildman–Crippen LogP) is 6.04. The van der Waals surface area contributed by atoms with E-state index < -0.39 is 5.97 Å². The summed E-state index contributed by atoms with van der Waals surface area (Å²) in [6.45, 7) is 5.75. The van der Waals surface area contributed by atoms with Crippen LogP contribution in [0.4, 0.5) is 0 Å². The van der Waals surface area contributed by atoms with Crippen LogP contribution in [-0.4, -0.2) is 16.7 Å². The largest absolute Gasteiger partial charge is 0.453 e. The van der Waals surface area contributed by atoms with Crippen molar-refractivity contribution in [2.75, 3.05) is 0 Å². The molecule has 4 rings (SSSR count). The molecule has 2 aromatic heterocycles. The lowest BCUT2D eigenvalue weighted by Crippen LogP contribution is -2.26. The van der Waals surface area contributed by atoms with Gasteiger partial charge in [0, 0.05) is 34.5 Å². The van der Waals surface area contributed by atoms with Gasteiger partial charge in [0.15, 0.2) is 11.5 Å². The first-order chi connectivity index (χ1) is 13.2. The maximum absolute atomic E-state index is 12.9. The van der Waals surface area contributed by atoms with Crippen LogP contribution in [0.5, 0.6) is 5.75 Å². The average Bonchev–Trinajstić information content (AvgIpc) is 2.93. The van der Waals surface area contributed by atoms with Gasteiger partial charge in [0.2, 0.25) is 5.76 Å². The third kappa shape index (κ3) is 3.20. The van der Waals surface area contributed by atoms with Crippen molar-refractivity contribution in [1.82, 2.24) is 4.98 Å². The van der Waals surface area contributed by atoms with Crippen molar-refractivity contribution in [3.05, 3.63) is 56.0 Å². The predicted molar refractivity (Wildman–Crippen MR) is 112 cm³/mol. The molecular formula is C21H17Br2NO4. The maximum Gasteiger partial charge on any atom is 0.380 e. The van der Waals surface area contributed by atoms with Gasteiger partial charge in [-0.15, -0.1) is 0 Å². The van der Waals surface area contributed by atoms with E-state index in [0.717, 1.165) is 9.86 Å². The second-order valence-electron chi connectivity index (χ2n) is 7.75. The number of hydrogen-bond donors (Lipinski definition) is 0. The molecule has 0 saturated carbocycles. The van der Waals surface area contributed by atoms with Gasteiger partial charge in [0.1, 0.15) is 11.3 Å². The third-order valence-corrected chi connectivity index (χ3v) is 6.15. The number of Topliss-reactive ketones (excluding diaryl/α,β-unsaturated/α-hetero) is 1. The average molecular weight is 507 g/mol. The third-order valence-electron chi connectivity index (χ3n) is 4.91. The molecule has 0 aliphatic heterocycles. The number of ether oxygens (including phenoxy) is 1. The first-order valence-corrected chi connectivity index (χ1v) is 10.4. The normalized spacial score (nSPS) is 15.5. The SMILES string of the molecule is Cc1c(C(=O)Oc2c(Br)cc(Br)c3cccnc23)oc2c1C(=O)CC(C)(C)C2. The lowest BCUT2D eigenvalue weighted by molar-refractivity contribution is 0.0695. The zero-order chi connectivity index (χ0) is 20.2. The number of fused-ring (bicyclic) bond motifs is 2. The summed E-state index contributed by atoms with van der Waals surface area (Å²) in [6, 6.07) is 5.50. The van der Waals surface area contributed by atoms with E-state index in [1.165, 1.54) is 0 Å². The Hall–Kier alpha value is -1.99. The van der Waals surface area contributed by atoms with Crippen LogP contribution in [0.15, 0.2) is 37.8 Å². The molecule has 2 heterocycles. The summed E-state index contributed by atoms with van der Waals surface area (Å²) in [7, 11) is 0. The van der Waals surface area contributed by atoms with Gasteiger partial charge in [0.05, 0.1) is 10.0 Å². The van der Waals surface area contributed by atoms with E-state index in [1.54, 1.807) is 19.2 Å². The van der Waals surface area contributed by atoms with E-state index in [2.05, 4.69) is 36.8 Å². The molecule has 0 atom stereocenters. The van der Waals surface area contributed by atoms with Crippen LogP contribution in [-0.2, 0) is 6.42 Å². The molecule has 28 heavy (non-hydrogen) atoms. The quantitative estimate of drug-likeness (QED) is 0.313. The summed E-state index contributed by atoms with van der Waals surface area (Å²) in [4.78, 5) is 29.8. The van der Waals surface area contributed by atoms with Gasteiger partial charge in [-0.25, -0.2) is 4.79 Å². The van der Waals surface area contributed by atoms with E-state index in [0.29, 0.717) is 45.5 Å². The number of benzene rings is 1. The number of pyridine rings is 1. The van der Waals surface area contributed by atoms with Gasteiger partial charge in [-0.1, -0.05) is 35.8 Å². The van der Waals surface area contributed by atoms with Crippen molar-refractivity contribution in [3.63, 3.8) is 0 Å². The van der Waals surface area contributed by atoms with Crippen molar-refractivity contribution < 1.29 is 18.7 Å². The van der Waals surface area contributed by atoms with Crippen LogP contribution in [0.25, 0.3) is 10.9 Å². The molecule has 1 aromatic carbocycles. The first kappa shape index (κ1) is 19.3. The highest BCUT2D eigenvalue weighted by molar-refractivity contribution is 9.11. The van der Waals surface area contributed by atoms with Crippen molar-refractivity contribution in [1.29, 1.82) is 0 Å². The Labute approximate surface area is 178 Å². The molecule has 144 valence electrons. The van der Waals surface area contributed by atoms with Gasteiger partial charge < -0.3 is 9.15 Å². The molecule has 0 amide bonds. The molecule has 1 aliphatic rings. The fourth-order valence-corrected chi connectivity index (χ4v) is 5.01. The van der Waals surface area contributed by atoms with E-state index in [-0.39, 0.29) is 17.0 Å². The number of furan rings is 1. The molecule has 0 fully saturated rings. The summed E-state index contributed by atoms with van der Waals surface area (Å²) in [5, 5.41) is 0.820. The molecular weight excluding hydrogens is 490 g/mol. The van der Waals surface area contributed by atoms with Crippen molar-refractivity contribution >= 4 is 54.5 Å². The summed E-state index contributed by atoms with van der Waals surface area (Å²) >= 11 is 6.93. The summed E-state index contributed by atoms with van der Waals surface area (Å²) in [5.41, 5.74) is 1.41. The second kappa shape index (κ2) is 6.81. The Bertz CT molecular complexity index is 1150. The molecule has 0 bridgehead atoms. The van der Waals surface area contributed by atoms with Crippen LogP contribution >= 0.6 is 31.9 Å². The molecule has 0 spiro atoms. The van der Waals surface area contributed by atoms with E-state index in [1.807, 2.05) is 26.0 Å². The lowest BCUT2D eigenvalue weighted by Gasteiger charge is -2.27. The number of hydrogen-bond acceptors (Lipinski definition) is 5. The highest BCUT2D eigenvalue weighted by Crippen LogP contribution is 2.40. The molecule has 5 nitrogen and oxygen atoms in total. The summed E-state index contributed by atoms with van der Waals surface area (Å²) in [5.74, 6) is 0.290. The van der Waals surface area contributed by atoms with Crippen LogP contribution in [0, 0.1) is 12.3 Å². The fourth-order valence-electron chi connectivity index (χ4n) is 3.66. The molecule has 0 N–H and O–H groups in total. The molecule has 3 aromatic rings. The van der Waals surface area contributed by atoms with E-state index >= 15 is 0 Å². The van der Waals surface area contributed by atoms with Gasteiger partial charge in [-0.2, -0.15) is 0 Å². The Morgan fingerprint density at radius 2 is 2.00 bits per heavy atom. The Morgan fingerprint density at radius 1 is 1.25 bits per heavy atom. The number of rotatable bonds is 2. The second-order valence-corrected chi connectivity index (χ2v) is 9.46. The minimum atomic E-state index is -0.646. The number of aromatic nitrogens is 1. The van der Waals surface area contributed by atoms with Gasteiger partial charge >= 0.3 is 5.97 Å². The number of esters is 1. The Kier molecular flexibility index (Phi) is 4.70. The van der Waals surface area contributed by atoms with Gasteiger partial charge in [-0.05, 0) is 40.4 Å². The minimum absolute atomic E-state index is 0.00323. The minimum Gasteiger partial charge on any atom is -0.453 e.